The van der Waals surface area contributed by atoms with Crippen molar-refractivity contribution in [2.24, 2.45) is 5.84 Å². The summed E-state index contributed by atoms with van der Waals surface area (Å²) in [6, 6.07) is 8.13. The Morgan fingerprint density at radius 1 is 1.19 bits per heavy atom. The van der Waals surface area contributed by atoms with Crippen LogP contribution in [0.15, 0.2) is 28.7 Å². The minimum atomic E-state index is -0.0332. The number of ether oxygens (including phenoxy) is 1. The lowest BCUT2D eigenvalue weighted by atomic mass is 10.2. The highest BCUT2D eigenvalue weighted by atomic mass is 79.9. The second-order valence-electron chi connectivity index (χ2n) is 4.52. The number of nitrogens with one attached hydrogen (secondary N) is 2. The molecule has 1 heterocycles. The fourth-order valence-corrected chi connectivity index (χ4v) is 2.00. The Balaban J connectivity index is 2.13. The van der Waals surface area contributed by atoms with Crippen LogP contribution in [0.5, 0.6) is 6.01 Å². The summed E-state index contributed by atoms with van der Waals surface area (Å²) in [6.45, 7) is 4.36. The number of aromatic nitrogens is 3. The Hall–Kier alpha value is -1.93. The molecule has 1 aromatic heterocycles. The lowest BCUT2D eigenvalue weighted by Crippen LogP contribution is -2.16. The molecule has 0 saturated carbocycles. The average Bonchev–Trinajstić information content (AvgIpc) is 2.45. The fraction of sp³-hybridized carbons (Fsp3) is 0.308. The Morgan fingerprint density at radius 3 is 2.57 bits per heavy atom. The van der Waals surface area contributed by atoms with E-state index >= 15 is 0 Å². The summed E-state index contributed by atoms with van der Waals surface area (Å²) in [5.74, 6) is 5.99. The molecule has 7 nitrogen and oxygen atoms in total. The molecule has 0 radical (unpaired) electrons. The molecule has 0 aliphatic heterocycles. The van der Waals surface area contributed by atoms with Crippen LogP contribution in [0, 0.1) is 0 Å². The van der Waals surface area contributed by atoms with E-state index in [0.29, 0.717) is 12.5 Å². The van der Waals surface area contributed by atoms with Gasteiger partial charge in [0.2, 0.25) is 11.9 Å². The molecule has 0 unspecified atom stereocenters. The van der Waals surface area contributed by atoms with Crippen LogP contribution in [0.25, 0.3) is 0 Å². The Kier molecular flexibility index (Phi) is 5.29. The maximum absolute atomic E-state index is 5.47. The third-order valence-corrected chi connectivity index (χ3v) is 3.25. The standard InChI is InChI=1S/C13H17BrN6O/c1-8(2)21-13-18-11(17-12(19-13)20-15)16-7-9-5-3-4-6-10(9)14/h3-6,8H,7,15H2,1-2H3,(H2,16,17,18,19,20). The zero-order chi connectivity index (χ0) is 15.2. The predicted octanol–water partition coefficient (Wildman–Crippen LogP) is 2.32. The number of anilines is 2. The van der Waals surface area contributed by atoms with Crippen LogP contribution >= 0.6 is 15.9 Å². The molecule has 0 atom stereocenters. The maximum Gasteiger partial charge on any atom is 0.323 e. The second-order valence-corrected chi connectivity index (χ2v) is 5.38. The molecule has 4 N–H and O–H groups in total. The maximum atomic E-state index is 5.47. The van der Waals surface area contributed by atoms with Gasteiger partial charge in [-0.25, -0.2) is 5.84 Å². The molecule has 21 heavy (non-hydrogen) atoms. The number of nitrogens with zero attached hydrogens (tertiary/aromatic N) is 3. The van der Waals surface area contributed by atoms with Crippen LogP contribution in [0.3, 0.4) is 0 Å². The van der Waals surface area contributed by atoms with Gasteiger partial charge in [-0.1, -0.05) is 34.1 Å². The van der Waals surface area contributed by atoms with Crippen molar-refractivity contribution in [3.8, 4) is 6.01 Å². The summed E-state index contributed by atoms with van der Waals surface area (Å²) in [4.78, 5) is 12.4. The van der Waals surface area contributed by atoms with Gasteiger partial charge in [0.15, 0.2) is 0 Å². The van der Waals surface area contributed by atoms with Gasteiger partial charge in [-0.15, -0.1) is 0 Å². The SMILES string of the molecule is CC(C)Oc1nc(NN)nc(NCc2ccccc2Br)n1. The van der Waals surface area contributed by atoms with Crippen LogP contribution in [0.4, 0.5) is 11.9 Å². The van der Waals surface area contributed by atoms with Crippen molar-refractivity contribution in [2.75, 3.05) is 10.7 Å². The van der Waals surface area contributed by atoms with E-state index in [1.165, 1.54) is 0 Å². The molecule has 0 amide bonds. The first kappa shape index (κ1) is 15.5. The lowest BCUT2D eigenvalue weighted by molar-refractivity contribution is 0.222. The van der Waals surface area contributed by atoms with Crippen molar-refractivity contribution in [3.63, 3.8) is 0 Å². The highest BCUT2D eigenvalue weighted by Crippen LogP contribution is 2.18. The zero-order valence-electron chi connectivity index (χ0n) is 11.8. The monoisotopic (exact) mass is 352 g/mol. The Morgan fingerprint density at radius 2 is 1.90 bits per heavy atom. The molecule has 0 saturated heterocycles. The first-order valence-electron chi connectivity index (χ1n) is 6.45. The smallest absolute Gasteiger partial charge is 0.323 e. The highest BCUT2D eigenvalue weighted by Gasteiger charge is 2.08. The molecule has 8 heteroatoms. The first-order valence-corrected chi connectivity index (χ1v) is 7.24. The van der Waals surface area contributed by atoms with Gasteiger partial charge < -0.3 is 10.1 Å². The largest absolute Gasteiger partial charge is 0.461 e. The summed E-state index contributed by atoms with van der Waals surface area (Å²) in [5.41, 5.74) is 3.49. The third-order valence-electron chi connectivity index (χ3n) is 2.48. The third kappa shape index (κ3) is 4.54. The van der Waals surface area contributed by atoms with Crippen molar-refractivity contribution in [1.82, 2.24) is 15.0 Å². The number of hydrazine groups is 1. The molecule has 112 valence electrons. The van der Waals surface area contributed by atoms with Gasteiger partial charge >= 0.3 is 6.01 Å². The van der Waals surface area contributed by atoms with Gasteiger partial charge in [0, 0.05) is 11.0 Å². The topological polar surface area (TPSA) is 98.0 Å². The van der Waals surface area contributed by atoms with Crippen molar-refractivity contribution >= 4 is 27.8 Å². The van der Waals surface area contributed by atoms with Gasteiger partial charge in [-0.05, 0) is 25.5 Å². The van der Waals surface area contributed by atoms with Gasteiger partial charge in [-0.3, -0.25) is 5.43 Å². The van der Waals surface area contributed by atoms with Crippen LogP contribution in [-0.4, -0.2) is 21.1 Å². The number of rotatable bonds is 6. The van der Waals surface area contributed by atoms with E-state index in [-0.39, 0.29) is 18.1 Å². The van der Waals surface area contributed by atoms with Crippen molar-refractivity contribution < 1.29 is 4.74 Å². The minimum absolute atomic E-state index is 0.0332. The molecule has 0 bridgehead atoms. The van der Waals surface area contributed by atoms with Gasteiger partial charge in [0.05, 0.1) is 6.10 Å². The molecular weight excluding hydrogens is 336 g/mol. The summed E-state index contributed by atoms with van der Waals surface area (Å²) < 4.78 is 6.48. The molecule has 0 aliphatic carbocycles. The van der Waals surface area contributed by atoms with Crippen molar-refractivity contribution in [1.29, 1.82) is 0 Å². The van der Waals surface area contributed by atoms with Crippen molar-refractivity contribution in [2.45, 2.75) is 26.5 Å². The van der Waals surface area contributed by atoms with E-state index in [4.69, 9.17) is 10.6 Å². The normalized spacial score (nSPS) is 10.5. The molecule has 2 aromatic rings. The Bertz CT molecular complexity index is 607. The molecule has 0 aliphatic rings. The van der Waals surface area contributed by atoms with Gasteiger partial charge in [0.1, 0.15) is 0 Å². The lowest BCUT2D eigenvalue weighted by Gasteiger charge is -2.11. The highest BCUT2D eigenvalue weighted by molar-refractivity contribution is 9.10. The summed E-state index contributed by atoms with van der Waals surface area (Å²) in [6.07, 6.45) is -0.0332. The van der Waals surface area contributed by atoms with Crippen LogP contribution < -0.4 is 21.3 Å². The average molecular weight is 353 g/mol. The van der Waals surface area contributed by atoms with Crippen LogP contribution in [0.1, 0.15) is 19.4 Å². The van der Waals surface area contributed by atoms with E-state index in [2.05, 4.69) is 41.6 Å². The number of nitrogens with two attached hydrogens (primary N) is 1. The second kappa shape index (κ2) is 7.19. The molecular formula is C13H17BrN6O. The number of hydrogen-bond donors (Lipinski definition) is 3. The summed E-state index contributed by atoms with van der Waals surface area (Å²) in [5, 5.41) is 3.12. The van der Waals surface area contributed by atoms with E-state index in [9.17, 15) is 0 Å². The van der Waals surface area contributed by atoms with E-state index in [1.54, 1.807) is 0 Å². The van der Waals surface area contributed by atoms with E-state index in [1.807, 2.05) is 38.1 Å². The zero-order valence-corrected chi connectivity index (χ0v) is 13.4. The molecule has 0 fully saturated rings. The number of hydrogen-bond acceptors (Lipinski definition) is 7. The van der Waals surface area contributed by atoms with Crippen LogP contribution in [0.2, 0.25) is 0 Å². The summed E-state index contributed by atoms with van der Waals surface area (Å²) in [7, 11) is 0. The van der Waals surface area contributed by atoms with E-state index in [0.717, 1.165) is 10.0 Å². The van der Waals surface area contributed by atoms with Gasteiger partial charge in [0.25, 0.3) is 0 Å². The quantitative estimate of drug-likeness (QED) is 0.541. The molecule has 2 rings (SSSR count). The van der Waals surface area contributed by atoms with E-state index < -0.39 is 0 Å². The van der Waals surface area contributed by atoms with Gasteiger partial charge in [-0.2, -0.15) is 15.0 Å². The van der Waals surface area contributed by atoms with Crippen LogP contribution in [-0.2, 0) is 6.54 Å². The fourth-order valence-electron chi connectivity index (χ4n) is 1.58. The number of halogens is 1. The predicted molar refractivity (Wildman–Crippen MR) is 84.9 cm³/mol. The Labute approximate surface area is 131 Å². The summed E-state index contributed by atoms with van der Waals surface area (Å²) >= 11 is 3.49. The minimum Gasteiger partial charge on any atom is -0.461 e. The number of nitrogen functional groups attached to an aromatic ring is 1. The molecule has 1 aromatic carbocycles. The molecule has 0 spiro atoms. The number of benzene rings is 1. The van der Waals surface area contributed by atoms with Crippen molar-refractivity contribution in [3.05, 3.63) is 34.3 Å². The first-order chi connectivity index (χ1) is 10.1.